The quantitative estimate of drug-likeness (QED) is 0.920. The Bertz CT molecular complexity index is 633. The van der Waals surface area contributed by atoms with Crippen molar-refractivity contribution in [2.24, 2.45) is 5.14 Å². The lowest BCUT2D eigenvalue weighted by Crippen LogP contribution is -2.33. The molecule has 0 fully saturated rings. The number of fused-ring (bicyclic) bond motifs is 1. The molecule has 1 heterocycles. The number of hydrogen-bond donors (Lipinski definition) is 1. The van der Waals surface area contributed by atoms with Gasteiger partial charge in [-0.3, -0.25) is 5.14 Å². The van der Waals surface area contributed by atoms with Gasteiger partial charge in [-0.1, -0.05) is 6.92 Å². The fraction of sp³-hybridized carbons (Fsp3) is 0.467. The summed E-state index contributed by atoms with van der Waals surface area (Å²) in [5, 5.41) is 6.55. The van der Waals surface area contributed by atoms with E-state index in [1.807, 2.05) is 38.1 Å². The molecule has 0 saturated heterocycles. The predicted molar refractivity (Wildman–Crippen MR) is 82.2 cm³/mol. The summed E-state index contributed by atoms with van der Waals surface area (Å²) >= 11 is 0. The predicted octanol–water partition coefficient (Wildman–Crippen LogP) is 3.34. The third kappa shape index (κ3) is 3.04. The number of methoxy groups -OCH3 is 1. The zero-order chi connectivity index (χ0) is 14.9. The molecular formula is C15H21NO3S. The van der Waals surface area contributed by atoms with Crippen molar-refractivity contribution in [3.8, 4) is 5.75 Å². The van der Waals surface area contributed by atoms with Crippen molar-refractivity contribution in [3.05, 3.63) is 30.0 Å². The van der Waals surface area contributed by atoms with E-state index in [1.54, 1.807) is 7.11 Å². The average Bonchev–Trinajstić information content (AvgIpc) is 2.80. The summed E-state index contributed by atoms with van der Waals surface area (Å²) in [4.78, 5) is 0. The Morgan fingerprint density at radius 2 is 2.10 bits per heavy atom. The molecule has 2 N–H and O–H groups in total. The summed E-state index contributed by atoms with van der Waals surface area (Å²) in [6.45, 7) is 5.88. The van der Waals surface area contributed by atoms with E-state index >= 15 is 0 Å². The zero-order valence-corrected chi connectivity index (χ0v) is 13.1. The highest BCUT2D eigenvalue weighted by atomic mass is 32.2. The van der Waals surface area contributed by atoms with E-state index in [0.29, 0.717) is 6.42 Å². The maximum Gasteiger partial charge on any atom is 0.134 e. The van der Waals surface area contributed by atoms with Crippen LogP contribution in [0, 0.1) is 0 Å². The first kappa shape index (κ1) is 15.1. The van der Waals surface area contributed by atoms with E-state index in [0.717, 1.165) is 22.5 Å². The molecule has 4 nitrogen and oxygen atoms in total. The fourth-order valence-corrected chi connectivity index (χ4v) is 2.75. The van der Waals surface area contributed by atoms with Crippen LogP contribution in [0.1, 0.15) is 38.9 Å². The molecule has 1 aromatic heterocycles. The van der Waals surface area contributed by atoms with Gasteiger partial charge >= 0.3 is 0 Å². The molecule has 20 heavy (non-hydrogen) atoms. The standard InChI is InChI=1S/C15H21NO3S/c1-10(9-15(2,3)20(16)17)14-8-11-7-12(18-4)5-6-13(11)19-14/h5-8,10H,9,16H2,1-4H3/t10-,20?/m1/s1. The van der Waals surface area contributed by atoms with Gasteiger partial charge in [0.2, 0.25) is 0 Å². The van der Waals surface area contributed by atoms with E-state index in [1.165, 1.54) is 0 Å². The van der Waals surface area contributed by atoms with Crippen LogP contribution in [0.15, 0.2) is 28.7 Å². The second-order valence-electron chi connectivity index (χ2n) is 5.71. The monoisotopic (exact) mass is 295 g/mol. The van der Waals surface area contributed by atoms with Crippen LogP contribution >= 0.6 is 0 Å². The van der Waals surface area contributed by atoms with Gasteiger partial charge in [0.15, 0.2) is 0 Å². The number of ether oxygens (including phenoxy) is 1. The van der Waals surface area contributed by atoms with Crippen LogP contribution in [0.5, 0.6) is 5.75 Å². The molecule has 110 valence electrons. The van der Waals surface area contributed by atoms with Crippen molar-refractivity contribution in [2.75, 3.05) is 7.11 Å². The lowest BCUT2D eigenvalue weighted by Gasteiger charge is -2.23. The third-order valence-corrected chi connectivity index (χ3v) is 4.83. The topological polar surface area (TPSA) is 65.5 Å². The minimum atomic E-state index is -1.35. The summed E-state index contributed by atoms with van der Waals surface area (Å²) in [5.74, 6) is 1.84. The molecule has 0 spiro atoms. The Labute approximate surface area is 121 Å². The summed E-state index contributed by atoms with van der Waals surface area (Å²) in [7, 11) is 0.288. The molecule has 2 atom stereocenters. The Hall–Kier alpha value is -1.33. The highest BCUT2D eigenvalue weighted by Crippen LogP contribution is 2.33. The van der Waals surface area contributed by atoms with Crippen LogP contribution in [0.25, 0.3) is 11.0 Å². The molecule has 1 unspecified atom stereocenters. The highest BCUT2D eigenvalue weighted by molar-refractivity contribution is 7.84. The maximum atomic E-state index is 11.5. The van der Waals surface area contributed by atoms with Crippen molar-refractivity contribution in [2.45, 2.75) is 37.9 Å². The SMILES string of the molecule is COc1ccc2oc([C@H](C)CC(C)(C)S(N)=O)cc2c1. The van der Waals surface area contributed by atoms with Crippen LogP contribution < -0.4 is 9.88 Å². The number of furan rings is 1. The van der Waals surface area contributed by atoms with Gasteiger partial charge in [-0.05, 0) is 44.5 Å². The van der Waals surface area contributed by atoms with Crippen LogP contribution in [0.2, 0.25) is 0 Å². The highest BCUT2D eigenvalue weighted by Gasteiger charge is 2.28. The van der Waals surface area contributed by atoms with Gasteiger partial charge in [-0.15, -0.1) is 0 Å². The average molecular weight is 295 g/mol. The molecule has 0 aliphatic heterocycles. The Balaban J connectivity index is 2.26. The lowest BCUT2D eigenvalue weighted by atomic mass is 9.96. The largest absolute Gasteiger partial charge is 0.497 e. The van der Waals surface area contributed by atoms with Crippen molar-refractivity contribution in [3.63, 3.8) is 0 Å². The number of nitrogens with two attached hydrogens (primary N) is 1. The number of benzene rings is 1. The first-order valence-electron chi connectivity index (χ1n) is 6.57. The van der Waals surface area contributed by atoms with Gasteiger partial charge in [0.25, 0.3) is 0 Å². The smallest absolute Gasteiger partial charge is 0.134 e. The number of rotatable bonds is 5. The second-order valence-corrected chi connectivity index (χ2v) is 7.41. The molecule has 0 bridgehead atoms. The normalized spacial score (nSPS) is 15.2. The minimum absolute atomic E-state index is 0.149. The summed E-state index contributed by atoms with van der Waals surface area (Å²) in [5.41, 5.74) is 0.833. The Kier molecular flexibility index (Phi) is 4.20. The van der Waals surface area contributed by atoms with Crippen LogP contribution in [0.4, 0.5) is 0 Å². The molecule has 1 aromatic carbocycles. The second kappa shape index (κ2) is 5.58. The van der Waals surface area contributed by atoms with E-state index < -0.39 is 15.7 Å². The van der Waals surface area contributed by atoms with Gasteiger partial charge in [0.1, 0.15) is 17.1 Å². The molecule has 0 aliphatic rings. The zero-order valence-electron chi connectivity index (χ0n) is 12.3. The molecule has 0 aliphatic carbocycles. The van der Waals surface area contributed by atoms with Crippen LogP contribution in [-0.2, 0) is 11.0 Å². The third-order valence-electron chi connectivity index (χ3n) is 3.57. The van der Waals surface area contributed by atoms with Crippen molar-refractivity contribution < 1.29 is 13.4 Å². The first-order chi connectivity index (χ1) is 9.33. The van der Waals surface area contributed by atoms with Gasteiger partial charge in [0, 0.05) is 11.3 Å². The molecule has 2 aromatic rings. The summed E-state index contributed by atoms with van der Waals surface area (Å²) < 4.78 is 22.2. The molecule has 5 heteroatoms. The van der Waals surface area contributed by atoms with Crippen LogP contribution in [0.3, 0.4) is 0 Å². The van der Waals surface area contributed by atoms with E-state index in [-0.39, 0.29) is 5.92 Å². The van der Waals surface area contributed by atoms with Crippen LogP contribution in [-0.4, -0.2) is 16.1 Å². The molecule has 0 saturated carbocycles. The molecule has 2 rings (SSSR count). The van der Waals surface area contributed by atoms with E-state index in [2.05, 4.69) is 6.92 Å². The molecular weight excluding hydrogens is 274 g/mol. The lowest BCUT2D eigenvalue weighted by molar-refractivity contribution is 0.415. The van der Waals surface area contributed by atoms with Gasteiger partial charge in [-0.25, -0.2) is 4.21 Å². The van der Waals surface area contributed by atoms with Gasteiger partial charge in [-0.2, -0.15) is 0 Å². The van der Waals surface area contributed by atoms with Crippen molar-refractivity contribution in [1.29, 1.82) is 0 Å². The van der Waals surface area contributed by atoms with E-state index in [4.69, 9.17) is 14.3 Å². The van der Waals surface area contributed by atoms with Crippen molar-refractivity contribution in [1.82, 2.24) is 0 Å². The summed E-state index contributed by atoms with van der Waals surface area (Å²) in [6, 6.07) is 7.73. The van der Waals surface area contributed by atoms with Crippen molar-refractivity contribution >= 4 is 22.0 Å². The van der Waals surface area contributed by atoms with Gasteiger partial charge in [0.05, 0.1) is 22.8 Å². The Morgan fingerprint density at radius 3 is 2.70 bits per heavy atom. The minimum Gasteiger partial charge on any atom is -0.497 e. The first-order valence-corrected chi connectivity index (χ1v) is 7.78. The number of hydrogen-bond acceptors (Lipinski definition) is 3. The summed E-state index contributed by atoms with van der Waals surface area (Å²) in [6.07, 6.45) is 0.701. The Morgan fingerprint density at radius 1 is 1.40 bits per heavy atom. The molecule has 0 amide bonds. The molecule has 0 radical (unpaired) electrons. The van der Waals surface area contributed by atoms with Gasteiger partial charge < -0.3 is 9.15 Å². The fourth-order valence-electron chi connectivity index (χ4n) is 2.33. The maximum absolute atomic E-state index is 11.5. The van der Waals surface area contributed by atoms with E-state index in [9.17, 15) is 4.21 Å².